The van der Waals surface area contributed by atoms with Gasteiger partial charge in [0.25, 0.3) is 0 Å². The van der Waals surface area contributed by atoms with Gasteiger partial charge in [0, 0.05) is 11.1 Å². The van der Waals surface area contributed by atoms with E-state index < -0.39 is 10.0 Å². The van der Waals surface area contributed by atoms with Crippen molar-refractivity contribution < 1.29 is 13.2 Å². The molecule has 0 spiro atoms. The summed E-state index contributed by atoms with van der Waals surface area (Å²) in [4.78, 5) is 4.46. The van der Waals surface area contributed by atoms with Crippen LogP contribution in [0.25, 0.3) is 10.9 Å². The van der Waals surface area contributed by atoms with Gasteiger partial charge in [0.2, 0.25) is 10.0 Å². The number of pyridine rings is 1. The Kier molecular flexibility index (Phi) is 5.52. The third-order valence-electron chi connectivity index (χ3n) is 3.47. The Labute approximate surface area is 168 Å². The lowest BCUT2D eigenvalue weighted by Crippen LogP contribution is -2.21. The van der Waals surface area contributed by atoms with Crippen LogP contribution in [0.3, 0.4) is 0 Å². The average Bonchev–Trinajstić information content (AvgIpc) is 2.55. The Morgan fingerprint density at radius 1 is 1.12 bits per heavy atom. The van der Waals surface area contributed by atoms with Crippen LogP contribution in [0.5, 0.6) is 11.5 Å². The molecule has 1 heterocycles. The molecule has 3 rings (SSSR count). The van der Waals surface area contributed by atoms with Crippen LogP contribution in [0.4, 0.5) is 5.69 Å². The summed E-state index contributed by atoms with van der Waals surface area (Å²) in [6.07, 6.45) is 1.12. The summed E-state index contributed by atoms with van der Waals surface area (Å²) in [6.45, 7) is 0.151. The fraction of sp³-hybridized carbons (Fsp3) is 0.118. The number of hydrogen-bond donors (Lipinski definition) is 2. The lowest BCUT2D eigenvalue weighted by molar-refractivity contribution is 0.477. The van der Waals surface area contributed by atoms with Gasteiger partial charge in [-0.25, -0.2) is 13.1 Å². The Morgan fingerprint density at radius 2 is 1.81 bits per heavy atom. The van der Waals surface area contributed by atoms with Crippen LogP contribution in [0, 0.1) is 0 Å². The smallest absolute Gasteiger partial charge is 0.209 e. The lowest BCUT2D eigenvalue weighted by atomic mass is 10.2. The molecular formula is C17H15Br2N3O3S. The zero-order valence-electron chi connectivity index (χ0n) is 13.7. The molecular weight excluding hydrogens is 486 g/mol. The van der Waals surface area contributed by atoms with Gasteiger partial charge in [-0.05, 0) is 68.3 Å². The van der Waals surface area contributed by atoms with Crippen LogP contribution in [0.15, 0.2) is 51.4 Å². The summed E-state index contributed by atoms with van der Waals surface area (Å²) in [7, 11) is -3.26. The van der Waals surface area contributed by atoms with Crippen LogP contribution < -0.4 is 15.2 Å². The molecule has 0 aliphatic carbocycles. The molecule has 0 amide bonds. The number of halogens is 2. The summed E-state index contributed by atoms with van der Waals surface area (Å²) in [5.41, 5.74) is 7.80. The normalized spacial score (nSPS) is 11.7. The zero-order chi connectivity index (χ0) is 18.9. The number of aromatic nitrogens is 1. The van der Waals surface area contributed by atoms with Crippen LogP contribution in [0.2, 0.25) is 0 Å². The second kappa shape index (κ2) is 7.51. The van der Waals surface area contributed by atoms with Gasteiger partial charge in [0.05, 0.1) is 33.0 Å². The third kappa shape index (κ3) is 4.73. The van der Waals surface area contributed by atoms with Crippen molar-refractivity contribution in [2.24, 2.45) is 0 Å². The highest BCUT2D eigenvalue weighted by Crippen LogP contribution is 2.39. The molecule has 0 atom stereocenters. The van der Waals surface area contributed by atoms with Gasteiger partial charge in [-0.2, -0.15) is 0 Å². The largest absolute Gasteiger partial charge is 0.455 e. The standard InChI is InChI=1S/C17H15Br2N3O3S/c1-26(23,24)21-9-12-3-2-10-6-13(4-5-16(10)22-12)25-17-14(18)7-11(20)8-15(17)19/h2-8,21H,9,20H2,1H3. The Balaban J connectivity index is 1.86. The van der Waals surface area contributed by atoms with E-state index in [2.05, 4.69) is 41.6 Å². The fourth-order valence-electron chi connectivity index (χ4n) is 2.31. The Bertz CT molecular complexity index is 1060. The SMILES string of the molecule is CS(=O)(=O)NCc1ccc2cc(Oc3c(Br)cc(N)cc3Br)ccc2n1. The van der Waals surface area contributed by atoms with Crippen molar-refractivity contribution in [1.29, 1.82) is 0 Å². The van der Waals surface area contributed by atoms with E-state index in [1.54, 1.807) is 24.3 Å². The molecule has 0 fully saturated rings. The van der Waals surface area contributed by atoms with E-state index in [9.17, 15) is 8.42 Å². The molecule has 26 heavy (non-hydrogen) atoms. The molecule has 3 aromatic rings. The first-order chi connectivity index (χ1) is 12.2. The quantitative estimate of drug-likeness (QED) is 0.512. The van der Waals surface area contributed by atoms with Gasteiger partial charge in [-0.15, -0.1) is 0 Å². The molecule has 9 heteroatoms. The molecule has 0 aliphatic heterocycles. The average molecular weight is 501 g/mol. The highest BCUT2D eigenvalue weighted by molar-refractivity contribution is 9.11. The number of benzene rings is 2. The number of ether oxygens (including phenoxy) is 1. The van der Waals surface area contributed by atoms with Crippen molar-refractivity contribution >= 4 is 58.5 Å². The first-order valence-corrected chi connectivity index (χ1v) is 11.0. The number of fused-ring (bicyclic) bond motifs is 1. The number of nitrogens with zero attached hydrogens (tertiary/aromatic N) is 1. The first kappa shape index (κ1) is 19.1. The minimum Gasteiger partial charge on any atom is -0.455 e. The molecule has 0 aliphatic rings. The summed E-state index contributed by atoms with van der Waals surface area (Å²) in [5, 5.41) is 0.883. The molecule has 0 unspecified atom stereocenters. The minimum absolute atomic E-state index is 0.151. The third-order valence-corrected chi connectivity index (χ3v) is 5.32. The van der Waals surface area contributed by atoms with Gasteiger partial charge >= 0.3 is 0 Å². The van der Waals surface area contributed by atoms with Crippen LogP contribution in [-0.4, -0.2) is 19.7 Å². The van der Waals surface area contributed by atoms with Crippen molar-refractivity contribution in [3.63, 3.8) is 0 Å². The van der Waals surface area contributed by atoms with Gasteiger partial charge in [-0.1, -0.05) is 6.07 Å². The predicted octanol–water partition coefficient (Wildman–Crippen LogP) is 4.18. The highest BCUT2D eigenvalue weighted by Gasteiger charge is 2.10. The fourth-order valence-corrected chi connectivity index (χ4v) is 4.10. The predicted molar refractivity (Wildman–Crippen MR) is 110 cm³/mol. The maximum Gasteiger partial charge on any atom is 0.209 e. The highest BCUT2D eigenvalue weighted by atomic mass is 79.9. The maximum atomic E-state index is 11.2. The molecule has 0 saturated heterocycles. The van der Waals surface area contributed by atoms with Gasteiger partial charge in [-0.3, -0.25) is 4.98 Å². The number of rotatable bonds is 5. The van der Waals surface area contributed by atoms with Crippen LogP contribution >= 0.6 is 31.9 Å². The van der Waals surface area contributed by atoms with Crippen molar-refractivity contribution in [1.82, 2.24) is 9.71 Å². The second-order valence-corrected chi connectivity index (χ2v) is 9.21. The number of nitrogens with two attached hydrogens (primary N) is 1. The summed E-state index contributed by atoms with van der Waals surface area (Å²) in [6, 6.07) is 12.7. The van der Waals surface area contributed by atoms with Crippen molar-refractivity contribution in [2.75, 3.05) is 12.0 Å². The summed E-state index contributed by atoms with van der Waals surface area (Å²) in [5.74, 6) is 1.27. The van der Waals surface area contributed by atoms with Crippen LogP contribution in [-0.2, 0) is 16.6 Å². The number of hydrogen-bond acceptors (Lipinski definition) is 5. The van der Waals surface area contributed by atoms with E-state index in [1.165, 1.54) is 0 Å². The van der Waals surface area contributed by atoms with E-state index in [1.807, 2.05) is 18.2 Å². The van der Waals surface area contributed by atoms with Crippen molar-refractivity contribution in [3.05, 3.63) is 57.1 Å². The summed E-state index contributed by atoms with van der Waals surface area (Å²) < 4.78 is 32.2. The molecule has 6 nitrogen and oxygen atoms in total. The Morgan fingerprint density at radius 3 is 2.46 bits per heavy atom. The minimum atomic E-state index is -3.26. The number of sulfonamides is 1. The molecule has 136 valence electrons. The van der Waals surface area contributed by atoms with Gasteiger partial charge < -0.3 is 10.5 Å². The lowest BCUT2D eigenvalue weighted by Gasteiger charge is -2.11. The number of anilines is 1. The first-order valence-electron chi connectivity index (χ1n) is 7.48. The Hall–Kier alpha value is -1.68. The van der Waals surface area contributed by atoms with E-state index in [0.717, 1.165) is 26.1 Å². The van der Waals surface area contributed by atoms with E-state index in [4.69, 9.17) is 10.5 Å². The topological polar surface area (TPSA) is 94.3 Å². The molecule has 0 saturated carbocycles. The molecule has 3 N–H and O–H groups in total. The van der Waals surface area contributed by atoms with Gasteiger partial charge in [0.1, 0.15) is 5.75 Å². The van der Waals surface area contributed by atoms with Gasteiger partial charge in [0.15, 0.2) is 5.75 Å². The number of nitrogen functional groups attached to an aromatic ring is 1. The van der Waals surface area contributed by atoms with E-state index in [-0.39, 0.29) is 6.54 Å². The molecule has 0 radical (unpaired) electrons. The maximum absolute atomic E-state index is 11.2. The van der Waals surface area contributed by atoms with E-state index >= 15 is 0 Å². The molecule has 2 aromatic carbocycles. The number of nitrogens with one attached hydrogen (secondary N) is 1. The molecule has 0 bridgehead atoms. The van der Waals surface area contributed by atoms with Crippen molar-refractivity contribution in [3.8, 4) is 11.5 Å². The monoisotopic (exact) mass is 499 g/mol. The van der Waals surface area contributed by atoms with Crippen LogP contribution in [0.1, 0.15) is 5.69 Å². The molecule has 1 aromatic heterocycles. The zero-order valence-corrected chi connectivity index (χ0v) is 17.7. The van der Waals surface area contributed by atoms with Crippen molar-refractivity contribution in [2.45, 2.75) is 6.54 Å². The van der Waals surface area contributed by atoms with E-state index in [0.29, 0.717) is 22.9 Å². The second-order valence-electron chi connectivity index (χ2n) is 5.67. The summed E-state index contributed by atoms with van der Waals surface area (Å²) >= 11 is 6.89.